The van der Waals surface area contributed by atoms with Crippen molar-refractivity contribution in [2.45, 2.75) is 54.4 Å². The summed E-state index contributed by atoms with van der Waals surface area (Å²) in [4.78, 5) is 53.7. The van der Waals surface area contributed by atoms with Crippen molar-refractivity contribution < 1.29 is 9.59 Å². The van der Waals surface area contributed by atoms with E-state index in [9.17, 15) is 19.2 Å². The third-order valence-electron chi connectivity index (χ3n) is 5.34. The minimum Gasteiger partial charge on any atom is -0.318 e. The van der Waals surface area contributed by atoms with Crippen LogP contribution >= 0.6 is 0 Å². The molecule has 0 radical (unpaired) electrons. The average molecular weight is 396 g/mol. The topological polar surface area (TPSA) is 89.0 Å². The highest BCUT2D eigenvalue weighted by atomic mass is 16.2. The fourth-order valence-corrected chi connectivity index (χ4v) is 4.81. The molecule has 1 aliphatic carbocycles. The van der Waals surface area contributed by atoms with Crippen LogP contribution in [0.2, 0.25) is 0 Å². The Morgan fingerprint density at radius 1 is 0.931 bits per heavy atom. The van der Waals surface area contributed by atoms with Gasteiger partial charge in [-0.25, -0.2) is 0 Å². The van der Waals surface area contributed by atoms with Crippen molar-refractivity contribution in [3.05, 3.63) is 66.5 Å². The Morgan fingerprint density at radius 2 is 1.55 bits per heavy atom. The molecule has 29 heavy (non-hydrogen) atoms. The number of nitrogens with zero attached hydrogens (tertiary/aromatic N) is 1. The molecule has 2 aromatic heterocycles. The molecule has 0 aliphatic heterocycles. The predicted octanol–water partition coefficient (Wildman–Crippen LogP) is 3.16. The molecule has 154 valence electrons. The van der Waals surface area contributed by atoms with Gasteiger partial charge in [0, 0.05) is 19.2 Å². The summed E-state index contributed by atoms with van der Waals surface area (Å²) in [5, 5.41) is 0. The summed E-state index contributed by atoms with van der Waals surface area (Å²) in [6, 6.07) is 2.79. The second-order valence-corrected chi connectivity index (χ2v) is 10.1. The Labute approximate surface area is 170 Å². The lowest BCUT2D eigenvalue weighted by Gasteiger charge is -2.33. The van der Waals surface area contributed by atoms with E-state index < -0.39 is 11.3 Å². The molecule has 0 saturated heterocycles. The molecule has 6 nitrogen and oxygen atoms in total. The summed E-state index contributed by atoms with van der Waals surface area (Å²) in [6.07, 6.45) is 1.38. The number of hydrogen-bond donors (Lipinski definition) is 1. The molecular formula is C23H28N2O4. The van der Waals surface area contributed by atoms with Crippen molar-refractivity contribution in [2.24, 2.45) is 17.9 Å². The molecule has 2 aromatic rings. The van der Waals surface area contributed by atoms with Gasteiger partial charge in [-0.1, -0.05) is 34.6 Å². The van der Waals surface area contributed by atoms with E-state index >= 15 is 0 Å². The third-order valence-corrected chi connectivity index (χ3v) is 5.34. The first-order valence-electron chi connectivity index (χ1n) is 9.78. The number of rotatable bonds is 3. The summed E-state index contributed by atoms with van der Waals surface area (Å²) in [7, 11) is 1.46. The molecule has 0 bridgehead atoms. The van der Waals surface area contributed by atoms with Gasteiger partial charge in [0.1, 0.15) is 11.4 Å². The van der Waals surface area contributed by atoms with Crippen LogP contribution in [-0.4, -0.2) is 21.1 Å². The van der Waals surface area contributed by atoms with Gasteiger partial charge in [0.15, 0.2) is 5.78 Å². The number of aromatic amines is 1. The van der Waals surface area contributed by atoms with Crippen molar-refractivity contribution in [3.63, 3.8) is 0 Å². The fraction of sp³-hybridized carbons (Fsp3) is 0.478. The number of aryl methyl sites for hydroxylation is 1. The van der Waals surface area contributed by atoms with E-state index in [4.69, 9.17) is 0 Å². The van der Waals surface area contributed by atoms with Gasteiger partial charge in [0.2, 0.25) is 11.3 Å². The van der Waals surface area contributed by atoms with Crippen molar-refractivity contribution in [2.75, 3.05) is 0 Å². The van der Waals surface area contributed by atoms with Gasteiger partial charge in [-0.3, -0.25) is 19.2 Å². The van der Waals surface area contributed by atoms with E-state index in [1.807, 2.05) is 0 Å². The zero-order chi connectivity index (χ0) is 21.9. The molecule has 0 fully saturated rings. The molecule has 0 atom stereocenters. The van der Waals surface area contributed by atoms with Crippen molar-refractivity contribution in [1.29, 1.82) is 0 Å². The number of carbonyl (C=O) groups is 2. The van der Waals surface area contributed by atoms with E-state index in [1.54, 1.807) is 6.92 Å². The van der Waals surface area contributed by atoms with E-state index in [0.29, 0.717) is 17.5 Å². The van der Waals surface area contributed by atoms with Crippen LogP contribution in [0, 0.1) is 17.8 Å². The zero-order valence-electron chi connectivity index (χ0n) is 18.1. The summed E-state index contributed by atoms with van der Waals surface area (Å²) < 4.78 is 1.18. The van der Waals surface area contributed by atoms with E-state index in [1.165, 1.54) is 23.7 Å². The first-order chi connectivity index (χ1) is 13.2. The van der Waals surface area contributed by atoms with Gasteiger partial charge >= 0.3 is 0 Å². The molecule has 0 aromatic carbocycles. The van der Waals surface area contributed by atoms with Gasteiger partial charge in [-0.05, 0) is 41.7 Å². The van der Waals surface area contributed by atoms with Crippen LogP contribution in [0.4, 0.5) is 0 Å². The van der Waals surface area contributed by atoms with Gasteiger partial charge in [-0.2, -0.15) is 0 Å². The highest BCUT2D eigenvalue weighted by Crippen LogP contribution is 2.38. The lowest BCUT2D eigenvalue weighted by molar-refractivity contribution is 0.0965. The number of pyridine rings is 2. The molecule has 0 saturated carbocycles. The van der Waals surface area contributed by atoms with Crippen molar-refractivity contribution in [3.8, 4) is 0 Å². The van der Waals surface area contributed by atoms with Gasteiger partial charge in [0.25, 0.3) is 5.56 Å². The normalized spacial score (nSPS) is 14.0. The van der Waals surface area contributed by atoms with Gasteiger partial charge in [0.05, 0.1) is 11.1 Å². The minimum absolute atomic E-state index is 0.0165. The molecule has 1 N–H and O–H groups in total. The largest absolute Gasteiger partial charge is 0.318 e. The molecule has 0 spiro atoms. The second kappa shape index (κ2) is 6.65. The Bertz CT molecular complexity index is 1160. The third kappa shape index (κ3) is 3.76. The second-order valence-electron chi connectivity index (χ2n) is 10.1. The molecule has 6 heteroatoms. The SMILES string of the molecule is Cc1cc(=O)n(C)c2c1C(=O)c1c(CC(C)(C)CC(C)(C)C)cc(=O)[nH]c1C2=O. The smallest absolute Gasteiger partial charge is 0.251 e. The number of carbonyl (C=O) groups excluding carboxylic acids is 2. The maximum Gasteiger partial charge on any atom is 0.251 e. The monoisotopic (exact) mass is 396 g/mol. The van der Waals surface area contributed by atoms with Crippen LogP contribution < -0.4 is 11.1 Å². The molecular weight excluding hydrogens is 368 g/mol. The lowest BCUT2D eigenvalue weighted by Crippen LogP contribution is -2.35. The first-order valence-corrected chi connectivity index (χ1v) is 9.78. The van der Waals surface area contributed by atoms with Crippen LogP contribution in [0.3, 0.4) is 0 Å². The Morgan fingerprint density at radius 3 is 2.14 bits per heavy atom. The zero-order valence-corrected chi connectivity index (χ0v) is 18.1. The van der Waals surface area contributed by atoms with Gasteiger partial charge in [-0.15, -0.1) is 0 Å². The highest BCUT2D eigenvalue weighted by molar-refractivity contribution is 6.28. The first kappa shape index (κ1) is 21.0. The molecule has 0 amide bonds. The van der Waals surface area contributed by atoms with Crippen LogP contribution in [0.1, 0.15) is 84.3 Å². The predicted molar refractivity (Wildman–Crippen MR) is 112 cm³/mol. The average Bonchev–Trinajstić information content (AvgIpc) is 2.52. The number of hydrogen-bond acceptors (Lipinski definition) is 4. The summed E-state index contributed by atoms with van der Waals surface area (Å²) in [5.41, 5.74) is 0.675. The number of ketones is 2. The molecule has 1 aliphatic rings. The van der Waals surface area contributed by atoms with Crippen LogP contribution in [0.25, 0.3) is 0 Å². The fourth-order valence-electron chi connectivity index (χ4n) is 4.81. The Kier molecular flexibility index (Phi) is 4.80. The van der Waals surface area contributed by atoms with Crippen molar-refractivity contribution >= 4 is 11.6 Å². The Balaban J connectivity index is 2.23. The standard InChI is InChI=1S/C23H28N2O4/c1-12-8-15(27)25(7)19-16(12)20(28)17-13(9-14(26)24-18(17)21(19)29)10-23(5,6)11-22(2,3)4/h8-9H,10-11H2,1-7H3,(H,24,26). The summed E-state index contributed by atoms with van der Waals surface area (Å²) in [6.45, 7) is 12.3. The van der Waals surface area contributed by atoms with E-state index in [0.717, 1.165) is 6.42 Å². The maximum atomic E-state index is 13.5. The van der Waals surface area contributed by atoms with Crippen LogP contribution in [0.5, 0.6) is 0 Å². The minimum atomic E-state index is -0.495. The Hall–Kier alpha value is -2.76. The lowest BCUT2D eigenvalue weighted by atomic mass is 9.72. The van der Waals surface area contributed by atoms with E-state index in [2.05, 4.69) is 39.6 Å². The van der Waals surface area contributed by atoms with Crippen LogP contribution in [0.15, 0.2) is 21.7 Å². The van der Waals surface area contributed by atoms with Crippen molar-refractivity contribution in [1.82, 2.24) is 9.55 Å². The quantitative estimate of drug-likeness (QED) is 0.736. The van der Waals surface area contributed by atoms with Crippen LogP contribution in [-0.2, 0) is 13.5 Å². The number of nitrogens with one attached hydrogen (secondary N) is 1. The molecule has 2 heterocycles. The maximum absolute atomic E-state index is 13.5. The summed E-state index contributed by atoms with van der Waals surface area (Å²) in [5.74, 6) is -0.814. The highest BCUT2D eigenvalue weighted by Gasteiger charge is 2.37. The number of aromatic nitrogens is 2. The summed E-state index contributed by atoms with van der Waals surface area (Å²) >= 11 is 0. The number of H-pyrrole nitrogens is 1. The molecule has 3 rings (SSSR count). The number of fused-ring (bicyclic) bond motifs is 2. The van der Waals surface area contributed by atoms with Gasteiger partial charge < -0.3 is 9.55 Å². The van der Waals surface area contributed by atoms with E-state index in [-0.39, 0.29) is 44.7 Å². The molecule has 0 unspecified atom stereocenters.